The van der Waals surface area contributed by atoms with Crippen molar-refractivity contribution >= 4 is 38.3 Å². The summed E-state index contributed by atoms with van der Waals surface area (Å²) >= 11 is 4.88. The van der Waals surface area contributed by atoms with Crippen LogP contribution in [0.1, 0.15) is 37.4 Å². The van der Waals surface area contributed by atoms with E-state index in [-0.39, 0.29) is 24.8 Å². The summed E-state index contributed by atoms with van der Waals surface area (Å²) in [4.78, 5) is 2.77. The predicted octanol–water partition coefficient (Wildman–Crippen LogP) is 1.22. The molecule has 142 valence electrons. The molecule has 5 heteroatoms. The molecule has 0 nitrogen and oxygen atoms in total. The van der Waals surface area contributed by atoms with Crippen molar-refractivity contribution in [3.63, 3.8) is 0 Å². The maximum Gasteiger partial charge on any atom is -1.00 e. The minimum absolute atomic E-state index is 0. The molecule has 2 aliphatic carbocycles. The average molecular weight is 577 g/mol. The van der Waals surface area contributed by atoms with Crippen molar-refractivity contribution in [1.29, 1.82) is 0 Å². The number of fused-ring (bicyclic) bond motifs is 4. The van der Waals surface area contributed by atoms with E-state index in [1.54, 1.807) is 3.28 Å². The first kappa shape index (κ1) is 21.7. The van der Waals surface area contributed by atoms with E-state index in [9.17, 15) is 0 Å². The van der Waals surface area contributed by atoms with Crippen molar-refractivity contribution in [3.8, 4) is 0 Å². The zero-order chi connectivity index (χ0) is 18.0. The van der Waals surface area contributed by atoms with Crippen molar-refractivity contribution in [1.82, 2.24) is 0 Å². The van der Waals surface area contributed by atoms with E-state index >= 15 is 0 Å². The van der Waals surface area contributed by atoms with Gasteiger partial charge in [0, 0.05) is 0 Å². The van der Waals surface area contributed by atoms with Gasteiger partial charge in [-0.05, 0) is 0 Å². The largest absolute Gasteiger partial charge is 1.00 e. The Morgan fingerprint density at radius 1 is 0.862 bits per heavy atom. The van der Waals surface area contributed by atoms with Crippen LogP contribution in [0.2, 0.25) is 0 Å². The molecule has 6 bridgehead atoms. The number of halogens is 3. The molecule has 6 rings (SSSR count). The molecule has 0 N–H and O–H groups in total. The second-order valence-corrected chi connectivity index (χ2v) is 12.8. The molecule has 3 aromatic carbocycles. The van der Waals surface area contributed by atoms with Crippen LogP contribution in [0.25, 0.3) is 10.6 Å². The van der Waals surface area contributed by atoms with E-state index in [0.29, 0.717) is 9.54 Å². The van der Waals surface area contributed by atoms with Gasteiger partial charge < -0.3 is 24.8 Å². The Kier molecular flexibility index (Phi) is 6.36. The molecule has 2 unspecified atom stereocenters. The van der Waals surface area contributed by atoms with Gasteiger partial charge in [0.15, 0.2) is 0 Å². The Morgan fingerprint density at radius 2 is 1.66 bits per heavy atom. The van der Waals surface area contributed by atoms with E-state index < -0.39 is 23.2 Å². The molecule has 0 spiro atoms. The van der Waals surface area contributed by atoms with Gasteiger partial charge in [-0.1, -0.05) is 0 Å². The summed E-state index contributed by atoms with van der Waals surface area (Å²) in [6.07, 6.45) is 5.01. The summed E-state index contributed by atoms with van der Waals surface area (Å²) in [5, 5.41) is 0. The summed E-state index contributed by atoms with van der Waals surface area (Å²) in [7, 11) is 0. The first-order chi connectivity index (χ1) is 13.3. The quantitative estimate of drug-likeness (QED) is 0.442. The first-order valence-corrected chi connectivity index (χ1v) is 13.4. The van der Waals surface area contributed by atoms with Crippen LogP contribution in [-0.4, -0.2) is 0 Å². The van der Waals surface area contributed by atoms with Crippen molar-refractivity contribution < 1.29 is 48.0 Å². The monoisotopic (exact) mass is 574 g/mol. The van der Waals surface area contributed by atoms with Crippen LogP contribution in [-0.2, 0) is 23.2 Å². The van der Waals surface area contributed by atoms with Gasteiger partial charge in [-0.25, -0.2) is 0 Å². The van der Waals surface area contributed by atoms with Gasteiger partial charge in [-0.3, -0.25) is 0 Å². The second-order valence-electron chi connectivity index (χ2n) is 7.19. The third kappa shape index (κ3) is 3.58. The second kappa shape index (κ2) is 8.52. The Labute approximate surface area is 207 Å². The SMILES string of the molecule is BrC1=C[CH]([Zr+2][C]2=Cc3c4cccc3C2c2cccc(c2)S4)c2ccccc21.[Cl-].[Cl-]. The van der Waals surface area contributed by atoms with E-state index in [4.69, 9.17) is 0 Å². The van der Waals surface area contributed by atoms with Crippen LogP contribution < -0.4 is 24.8 Å². The van der Waals surface area contributed by atoms with Crippen LogP contribution in [0.15, 0.2) is 85.9 Å². The maximum atomic E-state index is 3.80. The number of rotatable bonds is 2. The molecule has 1 heterocycles. The minimum Gasteiger partial charge on any atom is -1.00 e. The minimum atomic E-state index is -0.826. The summed E-state index contributed by atoms with van der Waals surface area (Å²) in [6.45, 7) is 0. The van der Waals surface area contributed by atoms with Gasteiger partial charge in [-0.15, -0.1) is 0 Å². The molecule has 0 saturated carbocycles. The molecule has 0 aromatic heterocycles. The van der Waals surface area contributed by atoms with Crippen molar-refractivity contribution in [2.45, 2.75) is 19.3 Å². The number of hydrogen-bond acceptors (Lipinski definition) is 1. The van der Waals surface area contributed by atoms with Gasteiger partial charge in [-0.2, -0.15) is 0 Å². The molecule has 1 aliphatic heterocycles. The summed E-state index contributed by atoms with van der Waals surface area (Å²) in [5.41, 5.74) is 7.37. The normalized spacial score (nSPS) is 19.5. The van der Waals surface area contributed by atoms with Gasteiger partial charge in [0.25, 0.3) is 0 Å². The fraction of sp³-hybridized carbons (Fsp3) is 0.0833. The number of allylic oxidation sites excluding steroid dienone is 2. The molecule has 2 atom stereocenters. The molecule has 3 aromatic rings. The van der Waals surface area contributed by atoms with Crippen LogP contribution in [0, 0.1) is 0 Å². The maximum absolute atomic E-state index is 3.80. The predicted molar refractivity (Wildman–Crippen MR) is 113 cm³/mol. The van der Waals surface area contributed by atoms with Crippen LogP contribution in [0.5, 0.6) is 0 Å². The summed E-state index contributed by atoms with van der Waals surface area (Å²) in [5.74, 6) is 0.465. The summed E-state index contributed by atoms with van der Waals surface area (Å²) < 4.78 is 3.60. The van der Waals surface area contributed by atoms with E-state index in [0.717, 1.165) is 0 Å². The van der Waals surface area contributed by atoms with Crippen molar-refractivity contribution in [2.24, 2.45) is 0 Å². The van der Waals surface area contributed by atoms with Gasteiger partial charge in [0.1, 0.15) is 0 Å². The zero-order valence-corrected chi connectivity index (χ0v) is 21.6. The van der Waals surface area contributed by atoms with E-state index in [1.807, 2.05) is 11.8 Å². The van der Waals surface area contributed by atoms with Gasteiger partial charge in [0.05, 0.1) is 0 Å². The standard InChI is InChI=1S/C15H9S.C9H6Br.2ClH.Zr/c1-3-10-9-11(4-1)16-15-6-2-5-13-12(10)7-8-14(13)15;10-9-6-5-7-3-1-2-4-8(7)9;;;/h1-6,8-9,12H;1-6H;2*1H;/q;;;;+2/p-2. The number of hydrogen-bond donors (Lipinski definition) is 0. The fourth-order valence-corrected chi connectivity index (χ4v) is 11.0. The molecule has 3 aliphatic rings. The van der Waals surface area contributed by atoms with Gasteiger partial charge >= 0.3 is 185 Å². The third-order valence-electron chi connectivity index (χ3n) is 5.63. The Bertz CT molecular complexity index is 1170. The van der Waals surface area contributed by atoms with E-state index in [2.05, 4.69) is 94.8 Å². The topological polar surface area (TPSA) is 0 Å². The summed E-state index contributed by atoms with van der Waals surface area (Å²) in [6, 6.07) is 25.0. The first-order valence-electron chi connectivity index (χ1n) is 9.13. The molecule has 29 heavy (non-hydrogen) atoms. The Hall–Kier alpha value is -0.567. The molecule has 0 saturated heterocycles. The fourth-order valence-electron chi connectivity index (χ4n) is 4.44. The average Bonchev–Trinajstić information content (AvgIpc) is 3.22. The molecular weight excluding hydrogens is 562 g/mol. The molecule has 0 amide bonds. The Morgan fingerprint density at radius 3 is 2.55 bits per heavy atom. The molecule has 0 fully saturated rings. The molecule has 0 radical (unpaired) electrons. The Balaban J connectivity index is 0.00000102. The number of benzene rings is 3. The smallest absolute Gasteiger partial charge is 1.00 e. The zero-order valence-electron chi connectivity index (χ0n) is 15.2. The third-order valence-corrected chi connectivity index (χ3v) is 11.2. The van der Waals surface area contributed by atoms with Gasteiger partial charge in [0.2, 0.25) is 0 Å². The van der Waals surface area contributed by atoms with Crippen molar-refractivity contribution in [2.75, 3.05) is 0 Å². The van der Waals surface area contributed by atoms with Crippen LogP contribution in [0.3, 0.4) is 0 Å². The van der Waals surface area contributed by atoms with E-state index in [1.165, 1.54) is 42.1 Å². The van der Waals surface area contributed by atoms with Crippen molar-refractivity contribution in [3.05, 3.63) is 104 Å². The van der Waals surface area contributed by atoms with Crippen LogP contribution >= 0.6 is 27.7 Å². The molecular formula is C24H15BrCl2SZr. The van der Waals surface area contributed by atoms with Crippen LogP contribution in [0.4, 0.5) is 0 Å².